The van der Waals surface area contributed by atoms with Crippen LogP contribution in [0.1, 0.15) is 67.8 Å². The van der Waals surface area contributed by atoms with Crippen LogP contribution in [0, 0.1) is 13.8 Å². The molecule has 2 saturated heterocycles. The van der Waals surface area contributed by atoms with Gasteiger partial charge in [0, 0.05) is 61.2 Å². The summed E-state index contributed by atoms with van der Waals surface area (Å²) in [4.78, 5) is 37.0. The van der Waals surface area contributed by atoms with E-state index in [0.717, 1.165) is 55.1 Å². The maximum absolute atomic E-state index is 13.4. The van der Waals surface area contributed by atoms with Gasteiger partial charge in [0.25, 0.3) is 0 Å². The van der Waals surface area contributed by atoms with Crippen molar-refractivity contribution in [1.82, 2.24) is 19.4 Å². The fourth-order valence-corrected chi connectivity index (χ4v) is 7.41. The van der Waals surface area contributed by atoms with Gasteiger partial charge in [-0.1, -0.05) is 35.9 Å². The zero-order chi connectivity index (χ0) is 29.9. The highest BCUT2D eigenvalue weighted by Crippen LogP contribution is 2.42. The molecule has 0 spiro atoms. The molecule has 9 heteroatoms. The molecule has 2 fully saturated rings. The number of aryl methyl sites for hydroxylation is 2. The number of amides is 3. The number of carbonyl (C=O) groups excluding carboxylic acids is 2. The number of nitrogens with one attached hydrogen (secondary N) is 1. The van der Waals surface area contributed by atoms with Gasteiger partial charge in [0.05, 0.1) is 18.8 Å². The summed E-state index contributed by atoms with van der Waals surface area (Å²) in [6.45, 7) is 9.24. The monoisotopic (exact) mass is 584 g/mol. The number of piperidine rings is 1. The van der Waals surface area contributed by atoms with Gasteiger partial charge >= 0.3 is 12.1 Å². The lowest BCUT2D eigenvalue weighted by Gasteiger charge is -2.41. The molecule has 3 amide bonds. The van der Waals surface area contributed by atoms with Gasteiger partial charge in [-0.15, -0.1) is 0 Å². The summed E-state index contributed by atoms with van der Waals surface area (Å²) < 4.78 is 7.73. The smallest absolute Gasteiger partial charge is 0.410 e. The number of hydrogen-bond donors (Lipinski definition) is 1. The van der Waals surface area contributed by atoms with E-state index in [-0.39, 0.29) is 12.1 Å². The molecule has 9 nitrogen and oxygen atoms in total. The number of aromatic nitrogens is 2. The molecular weight excluding hydrogens is 540 g/mol. The number of para-hydroxylation sites is 1. The molecule has 3 aliphatic rings. The van der Waals surface area contributed by atoms with Crippen molar-refractivity contribution in [3.05, 3.63) is 77.4 Å². The van der Waals surface area contributed by atoms with E-state index in [1.807, 2.05) is 73.3 Å². The first-order valence-corrected chi connectivity index (χ1v) is 15.9. The van der Waals surface area contributed by atoms with Crippen LogP contribution in [-0.2, 0) is 17.7 Å². The fourth-order valence-electron chi connectivity index (χ4n) is 7.41. The third kappa shape index (κ3) is 6.27. The van der Waals surface area contributed by atoms with Crippen LogP contribution >= 0.6 is 0 Å². The Morgan fingerprint density at radius 3 is 2.42 bits per heavy atom. The quantitative estimate of drug-likeness (QED) is 0.336. The first-order valence-electron chi connectivity index (χ1n) is 15.9. The number of ether oxygens (including phenoxy) is 1. The summed E-state index contributed by atoms with van der Waals surface area (Å²) in [6.07, 6.45) is 6.19. The Bertz CT molecular complexity index is 1410. The van der Waals surface area contributed by atoms with Crippen LogP contribution in [0.15, 0.2) is 54.6 Å². The van der Waals surface area contributed by atoms with Crippen LogP contribution in [0.25, 0.3) is 0 Å². The number of imidazole rings is 1. The van der Waals surface area contributed by atoms with Gasteiger partial charge in [0.2, 0.25) is 0 Å². The van der Waals surface area contributed by atoms with E-state index in [9.17, 15) is 9.59 Å². The minimum atomic E-state index is -0.245. The molecule has 3 aromatic rings. The van der Waals surface area contributed by atoms with Gasteiger partial charge in [-0.05, 0) is 77.1 Å². The number of anilines is 2. The van der Waals surface area contributed by atoms with Crippen LogP contribution in [0.3, 0.4) is 0 Å². The number of urea groups is 1. The fraction of sp³-hybridized carbons (Fsp3) is 0.500. The van der Waals surface area contributed by atoms with Gasteiger partial charge in [-0.25, -0.2) is 14.6 Å². The molecule has 43 heavy (non-hydrogen) atoms. The Kier molecular flexibility index (Phi) is 8.70. The summed E-state index contributed by atoms with van der Waals surface area (Å²) in [7, 11) is 0. The molecule has 0 saturated carbocycles. The van der Waals surface area contributed by atoms with Crippen LogP contribution in [0.2, 0.25) is 0 Å². The highest BCUT2D eigenvalue weighted by Gasteiger charge is 2.42. The number of hydrogen-bond acceptors (Lipinski definition) is 5. The summed E-state index contributed by atoms with van der Waals surface area (Å²) in [5.41, 5.74) is 5.21. The van der Waals surface area contributed by atoms with Crippen molar-refractivity contribution < 1.29 is 14.3 Å². The lowest BCUT2D eigenvalue weighted by atomic mass is 9.95. The number of nitrogens with zero attached hydrogens (tertiary/aromatic N) is 5. The van der Waals surface area contributed by atoms with E-state index < -0.39 is 0 Å². The molecule has 1 aromatic heterocycles. The highest BCUT2D eigenvalue weighted by atomic mass is 16.6. The number of rotatable bonds is 8. The standard InChI is InChI=1S/C34H44N6O3/c1-4-43-34(42)37-20-17-32-31(23-37)35-25(3)40(32)30-21-28-15-16-29(22-30)38(28)18-8-19-39(27-9-6-5-7-10-27)33(41)36-26-13-11-24(2)12-14-26/h5-7,9-14,28-30H,4,8,15-23H2,1-3H3,(H,36,41)/t28-,29-/m1/s1. The van der Waals surface area contributed by atoms with Gasteiger partial charge in [0.1, 0.15) is 5.82 Å². The summed E-state index contributed by atoms with van der Waals surface area (Å²) in [5.74, 6) is 1.06. The van der Waals surface area contributed by atoms with Gasteiger partial charge < -0.3 is 19.5 Å². The number of carbonyl (C=O) groups is 2. The summed E-state index contributed by atoms with van der Waals surface area (Å²) >= 11 is 0. The maximum Gasteiger partial charge on any atom is 0.410 e. The minimum absolute atomic E-state index is 0.0985. The third-order valence-electron chi connectivity index (χ3n) is 9.39. The molecule has 228 valence electrons. The van der Waals surface area contributed by atoms with Crippen molar-refractivity contribution in [2.24, 2.45) is 0 Å². The predicted molar refractivity (Wildman–Crippen MR) is 168 cm³/mol. The molecule has 1 N–H and O–H groups in total. The van der Waals surface area contributed by atoms with Crippen LogP contribution in [-0.4, -0.2) is 69.8 Å². The van der Waals surface area contributed by atoms with Crippen molar-refractivity contribution in [3.8, 4) is 0 Å². The molecule has 0 radical (unpaired) electrons. The number of fused-ring (bicyclic) bond motifs is 3. The molecule has 2 aromatic carbocycles. The Morgan fingerprint density at radius 1 is 1.00 bits per heavy atom. The van der Waals surface area contributed by atoms with Crippen molar-refractivity contribution in [3.63, 3.8) is 0 Å². The number of benzene rings is 2. The van der Waals surface area contributed by atoms with Crippen molar-refractivity contribution >= 4 is 23.5 Å². The second-order valence-electron chi connectivity index (χ2n) is 12.2. The molecule has 2 bridgehead atoms. The van der Waals surface area contributed by atoms with Crippen LogP contribution < -0.4 is 10.2 Å². The maximum atomic E-state index is 13.4. The van der Waals surface area contributed by atoms with Crippen molar-refractivity contribution in [2.45, 2.75) is 84.0 Å². The van der Waals surface area contributed by atoms with E-state index in [4.69, 9.17) is 9.72 Å². The van der Waals surface area contributed by atoms with Crippen molar-refractivity contribution in [1.29, 1.82) is 0 Å². The highest BCUT2D eigenvalue weighted by molar-refractivity contribution is 6.01. The molecule has 0 unspecified atom stereocenters. The van der Waals surface area contributed by atoms with Gasteiger partial charge in [-0.3, -0.25) is 9.80 Å². The largest absolute Gasteiger partial charge is 0.450 e. The van der Waals surface area contributed by atoms with E-state index in [1.54, 1.807) is 4.90 Å². The Morgan fingerprint density at radius 2 is 1.72 bits per heavy atom. The average Bonchev–Trinajstić information content (AvgIpc) is 3.46. The lowest BCUT2D eigenvalue weighted by Crippen LogP contribution is -2.45. The SMILES string of the molecule is CCOC(=O)N1CCc2c(nc(C)n2C2C[C@H]3CC[C@H](C2)N3CCCN(C(=O)Nc2ccc(C)cc2)c2ccccc2)C1. The molecule has 3 aliphatic heterocycles. The molecule has 0 aliphatic carbocycles. The predicted octanol–water partition coefficient (Wildman–Crippen LogP) is 6.31. The van der Waals surface area contributed by atoms with E-state index in [0.29, 0.717) is 44.4 Å². The van der Waals surface area contributed by atoms with Gasteiger partial charge in [-0.2, -0.15) is 0 Å². The zero-order valence-corrected chi connectivity index (χ0v) is 25.7. The zero-order valence-electron chi connectivity index (χ0n) is 25.7. The van der Waals surface area contributed by atoms with Crippen molar-refractivity contribution in [2.75, 3.05) is 36.5 Å². The third-order valence-corrected chi connectivity index (χ3v) is 9.39. The van der Waals surface area contributed by atoms with E-state index in [2.05, 4.69) is 21.7 Å². The Balaban J connectivity index is 1.08. The molecule has 4 heterocycles. The molecule has 6 rings (SSSR count). The molecule has 2 atom stereocenters. The minimum Gasteiger partial charge on any atom is -0.450 e. The summed E-state index contributed by atoms with van der Waals surface area (Å²) in [6, 6.07) is 19.3. The first kappa shape index (κ1) is 29.2. The average molecular weight is 585 g/mol. The second kappa shape index (κ2) is 12.8. The van der Waals surface area contributed by atoms with Gasteiger partial charge in [0.15, 0.2) is 0 Å². The lowest BCUT2D eigenvalue weighted by molar-refractivity contribution is 0.0980. The summed E-state index contributed by atoms with van der Waals surface area (Å²) in [5, 5.41) is 3.09. The van der Waals surface area contributed by atoms with Crippen LogP contribution in [0.4, 0.5) is 21.0 Å². The Hall–Kier alpha value is -3.85. The second-order valence-corrected chi connectivity index (χ2v) is 12.2. The molecular formula is C34H44N6O3. The van der Waals surface area contributed by atoms with E-state index >= 15 is 0 Å². The Labute approximate surface area is 254 Å². The first-order chi connectivity index (χ1) is 20.9. The van der Waals surface area contributed by atoms with E-state index in [1.165, 1.54) is 24.1 Å². The van der Waals surface area contributed by atoms with Crippen LogP contribution in [0.5, 0.6) is 0 Å². The topological polar surface area (TPSA) is 82.9 Å². The normalized spacial score (nSPS) is 21.4.